The third kappa shape index (κ3) is 6.43. The predicted molar refractivity (Wildman–Crippen MR) is 145 cm³/mol. The van der Waals surface area contributed by atoms with E-state index in [0.717, 1.165) is 27.9 Å². The van der Waals surface area contributed by atoms with Crippen LogP contribution in [0.15, 0.2) is 83.9 Å². The van der Waals surface area contributed by atoms with E-state index in [2.05, 4.69) is 11.4 Å². The molecule has 1 aromatic heterocycles. The Bertz CT molecular complexity index is 1380. The van der Waals surface area contributed by atoms with Crippen LogP contribution in [0.5, 0.6) is 0 Å². The highest BCUT2D eigenvalue weighted by molar-refractivity contribution is 7.99. The van der Waals surface area contributed by atoms with Crippen molar-refractivity contribution in [1.82, 2.24) is 4.98 Å². The van der Waals surface area contributed by atoms with Crippen LogP contribution in [0.1, 0.15) is 17.5 Å². The molecule has 0 radical (unpaired) electrons. The van der Waals surface area contributed by atoms with E-state index in [1.807, 2.05) is 67.6 Å². The normalized spacial score (nSPS) is 10.6. The molecule has 0 aliphatic heterocycles. The number of pyridine rings is 1. The van der Waals surface area contributed by atoms with Crippen LogP contribution in [0.4, 0.5) is 5.69 Å². The maximum absolute atomic E-state index is 12.5. The van der Waals surface area contributed by atoms with Gasteiger partial charge in [-0.3, -0.25) is 4.79 Å². The Morgan fingerprint density at radius 3 is 2.31 bits per heavy atom. The molecule has 35 heavy (non-hydrogen) atoms. The fourth-order valence-electron chi connectivity index (χ4n) is 3.54. The number of nitrogens with zero attached hydrogens (tertiary/aromatic N) is 2. The average Bonchev–Trinajstić information content (AvgIpc) is 2.84. The molecule has 0 spiro atoms. The first-order valence-electron chi connectivity index (χ1n) is 10.9. The molecule has 0 saturated carbocycles. The number of amides is 1. The van der Waals surface area contributed by atoms with Crippen LogP contribution in [0.25, 0.3) is 22.4 Å². The Morgan fingerprint density at radius 2 is 1.66 bits per heavy atom. The van der Waals surface area contributed by atoms with Gasteiger partial charge in [0, 0.05) is 39.0 Å². The number of carbonyl (C=O) groups is 1. The van der Waals surface area contributed by atoms with Crippen LogP contribution in [0.2, 0.25) is 10.0 Å². The van der Waals surface area contributed by atoms with Gasteiger partial charge in [0.2, 0.25) is 5.91 Å². The summed E-state index contributed by atoms with van der Waals surface area (Å²) in [6.45, 7) is 2.03. The van der Waals surface area contributed by atoms with Gasteiger partial charge >= 0.3 is 0 Å². The average molecular weight is 518 g/mol. The Labute approximate surface area is 218 Å². The van der Waals surface area contributed by atoms with Crippen molar-refractivity contribution in [2.45, 2.75) is 18.4 Å². The van der Waals surface area contributed by atoms with Gasteiger partial charge < -0.3 is 5.32 Å². The van der Waals surface area contributed by atoms with E-state index in [4.69, 9.17) is 28.2 Å². The molecule has 0 aliphatic rings. The topological polar surface area (TPSA) is 65.8 Å². The number of benzene rings is 3. The largest absolute Gasteiger partial charge is 0.326 e. The monoisotopic (exact) mass is 517 g/mol. The fraction of sp³-hybridized carbons (Fsp3) is 0.107. The fourth-order valence-corrected chi connectivity index (χ4v) is 5.01. The summed E-state index contributed by atoms with van der Waals surface area (Å²) in [5.41, 5.74) is 5.70. The zero-order valence-corrected chi connectivity index (χ0v) is 21.2. The van der Waals surface area contributed by atoms with Crippen molar-refractivity contribution in [3.05, 3.63) is 100 Å². The molecule has 4 aromatic rings. The summed E-state index contributed by atoms with van der Waals surface area (Å²) in [5, 5.41) is 14.3. The first-order chi connectivity index (χ1) is 16.9. The Hall–Kier alpha value is -3.30. The predicted octanol–water partition coefficient (Wildman–Crippen LogP) is 8.02. The van der Waals surface area contributed by atoms with Crippen LogP contribution in [0.3, 0.4) is 0 Å². The summed E-state index contributed by atoms with van der Waals surface area (Å²) >= 11 is 13.4. The van der Waals surface area contributed by atoms with E-state index in [1.54, 1.807) is 18.2 Å². The summed E-state index contributed by atoms with van der Waals surface area (Å²) in [7, 11) is 0. The SMILES string of the molecule is Cc1ccc(-c2cc(-c3ccccc3)nc(SCCC(=O)Nc3cc(Cl)cc(Cl)c3)c2C#N)cc1. The van der Waals surface area contributed by atoms with Gasteiger partial charge in [0.1, 0.15) is 11.1 Å². The van der Waals surface area contributed by atoms with E-state index in [0.29, 0.717) is 32.1 Å². The molecule has 0 aliphatic carbocycles. The molecule has 3 aromatic carbocycles. The van der Waals surface area contributed by atoms with Crippen molar-refractivity contribution in [2.75, 3.05) is 11.1 Å². The molecule has 0 saturated heterocycles. The Morgan fingerprint density at radius 1 is 0.971 bits per heavy atom. The molecule has 0 fully saturated rings. The van der Waals surface area contributed by atoms with Gasteiger partial charge in [-0.2, -0.15) is 5.26 Å². The lowest BCUT2D eigenvalue weighted by molar-refractivity contribution is -0.115. The zero-order chi connectivity index (χ0) is 24.8. The number of anilines is 1. The van der Waals surface area contributed by atoms with Crippen molar-refractivity contribution in [2.24, 2.45) is 0 Å². The molecule has 4 rings (SSSR count). The maximum atomic E-state index is 12.5. The summed E-state index contributed by atoms with van der Waals surface area (Å²) in [4.78, 5) is 17.3. The standard InChI is InChI=1S/C28H21Cl2N3OS/c1-18-7-9-19(10-8-18)24-16-26(20-5-3-2-4-6-20)33-28(25(24)17-31)35-12-11-27(34)32-23-14-21(29)13-22(30)15-23/h2-10,13-16H,11-12H2,1H3,(H,32,34). The molecular weight excluding hydrogens is 497 g/mol. The van der Waals surface area contributed by atoms with Crippen LogP contribution in [-0.2, 0) is 4.79 Å². The van der Waals surface area contributed by atoms with Crippen LogP contribution < -0.4 is 5.32 Å². The number of aromatic nitrogens is 1. The lowest BCUT2D eigenvalue weighted by Crippen LogP contribution is -2.12. The van der Waals surface area contributed by atoms with Crippen LogP contribution in [-0.4, -0.2) is 16.6 Å². The number of halogens is 2. The number of carbonyl (C=O) groups excluding carboxylic acids is 1. The first-order valence-corrected chi connectivity index (χ1v) is 12.6. The van der Waals surface area contributed by atoms with Gasteiger partial charge in [-0.25, -0.2) is 4.98 Å². The van der Waals surface area contributed by atoms with E-state index in [-0.39, 0.29) is 12.3 Å². The molecule has 7 heteroatoms. The van der Waals surface area contributed by atoms with Crippen molar-refractivity contribution in [3.8, 4) is 28.5 Å². The van der Waals surface area contributed by atoms with Gasteiger partial charge in [0.05, 0.1) is 11.3 Å². The van der Waals surface area contributed by atoms with Crippen LogP contribution in [0, 0.1) is 18.3 Å². The van der Waals surface area contributed by atoms with Gasteiger partial charge in [-0.15, -0.1) is 11.8 Å². The summed E-state index contributed by atoms with van der Waals surface area (Å²) < 4.78 is 0. The third-order valence-electron chi connectivity index (χ3n) is 5.24. The number of hydrogen-bond donors (Lipinski definition) is 1. The smallest absolute Gasteiger partial charge is 0.225 e. The second-order valence-electron chi connectivity index (χ2n) is 7.88. The molecule has 1 amide bonds. The lowest BCUT2D eigenvalue weighted by atomic mass is 9.98. The van der Waals surface area contributed by atoms with E-state index in [9.17, 15) is 10.1 Å². The molecule has 0 atom stereocenters. The van der Waals surface area contributed by atoms with Gasteiger partial charge in [-0.1, -0.05) is 83.4 Å². The van der Waals surface area contributed by atoms with E-state index >= 15 is 0 Å². The first kappa shape index (κ1) is 24.8. The Balaban J connectivity index is 1.59. The van der Waals surface area contributed by atoms with E-state index < -0.39 is 0 Å². The summed E-state index contributed by atoms with van der Waals surface area (Å²) in [5.74, 6) is 0.278. The van der Waals surface area contributed by atoms with Crippen molar-refractivity contribution in [3.63, 3.8) is 0 Å². The number of thioether (sulfide) groups is 1. The number of nitrogens with one attached hydrogen (secondary N) is 1. The van der Waals surface area contributed by atoms with Crippen molar-refractivity contribution in [1.29, 1.82) is 5.26 Å². The Kier molecular flexibility index (Phi) is 8.09. The molecule has 0 unspecified atom stereocenters. The number of hydrogen-bond acceptors (Lipinski definition) is 4. The lowest BCUT2D eigenvalue weighted by Gasteiger charge is -2.13. The maximum Gasteiger partial charge on any atom is 0.225 e. The second kappa shape index (κ2) is 11.4. The second-order valence-corrected chi connectivity index (χ2v) is 9.84. The van der Waals surface area contributed by atoms with Gasteiger partial charge in [0.25, 0.3) is 0 Å². The summed E-state index contributed by atoms with van der Waals surface area (Å²) in [6.07, 6.45) is 0.233. The van der Waals surface area contributed by atoms with E-state index in [1.165, 1.54) is 11.8 Å². The third-order valence-corrected chi connectivity index (χ3v) is 6.66. The molecule has 1 heterocycles. The minimum Gasteiger partial charge on any atom is -0.326 e. The highest BCUT2D eigenvalue weighted by Crippen LogP contribution is 2.34. The summed E-state index contributed by atoms with van der Waals surface area (Å²) in [6, 6.07) is 27.1. The number of nitriles is 1. The van der Waals surface area contributed by atoms with Crippen LogP contribution >= 0.6 is 35.0 Å². The minimum atomic E-state index is -0.174. The highest BCUT2D eigenvalue weighted by atomic mass is 35.5. The highest BCUT2D eigenvalue weighted by Gasteiger charge is 2.16. The number of aryl methyl sites for hydroxylation is 1. The van der Waals surface area contributed by atoms with Crippen molar-refractivity contribution >= 4 is 46.6 Å². The van der Waals surface area contributed by atoms with Crippen molar-refractivity contribution < 1.29 is 4.79 Å². The van der Waals surface area contributed by atoms with Gasteiger partial charge in [-0.05, 0) is 36.8 Å². The molecule has 4 nitrogen and oxygen atoms in total. The minimum absolute atomic E-state index is 0.174. The number of rotatable bonds is 7. The van der Waals surface area contributed by atoms with Gasteiger partial charge in [0.15, 0.2) is 0 Å². The zero-order valence-electron chi connectivity index (χ0n) is 18.9. The molecule has 1 N–H and O–H groups in total. The molecular formula is C28H21Cl2N3OS. The molecule has 0 bridgehead atoms. The quantitative estimate of drug-likeness (QED) is 0.252. The molecule has 174 valence electrons.